The molecule has 2 rings (SSSR count). The predicted octanol–water partition coefficient (Wildman–Crippen LogP) is 1.14. The zero-order valence-electron chi connectivity index (χ0n) is 8.98. The second-order valence-corrected chi connectivity index (χ2v) is 3.03. The van der Waals surface area contributed by atoms with E-state index in [1.165, 1.54) is 7.11 Å². The smallest absolute Gasteiger partial charge is 0.374 e. The molecule has 0 bridgehead atoms. The van der Waals surface area contributed by atoms with Crippen molar-refractivity contribution in [2.45, 2.75) is 6.92 Å². The third kappa shape index (κ3) is 1.81. The van der Waals surface area contributed by atoms with Crippen molar-refractivity contribution in [1.29, 1.82) is 0 Å². The van der Waals surface area contributed by atoms with Crippen LogP contribution in [0.25, 0.3) is 11.2 Å². The van der Waals surface area contributed by atoms with Crippen LogP contribution in [0.15, 0.2) is 12.1 Å². The average Bonchev–Trinajstić information content (AvgIpc) is 2.71. The number of hydrogen-bond acceptors (Lipinski definition) is 5. The quantitative estimate of drug-likeness (QED) is 0.786. The van der Waals surface area contributed by atoms with E-state index in [9.17, 15) is 4.79 Å². The topological polar surface area (TPSA) is 77.1 Å². The molecule has 0 amide bonds. The molecule has 16 heavy (non-hydrogen) atoms. The van der Waals surface area contributed by atoms with Crippen LogP contribution in [0.5, 0.6) is 5.88 Å². The third-order valence-corrected chi connectivity index (χ3v) is 1.99. The summed E-state index contributed by atoms with van der Waals surface area (Å²) in [6.45, 7) is 2.41. The first-order valence-electron chi connectivity index (χ1n) is 4.82. The lowest BCUT2D eigenvalue weighted by atomic mass is 10.4. The fourth-order valence-corrected chi connectivity index (χ4v) is 1.30. The normalized spacial score (nSPS) is 10.4. The lowest BCUT2D eigenvalue weighted by molar-refractivity contribution is 0.0588. The van der Waals surface area contributed by atoms with Crippen molar-refractivity contribution < 1.29 is 14.3 Å². The Morgan fingerprint density at radius 2 is 2.25 bits per heavy atom. The molecule has 0 spiro atoms. The maximum atomic E-state index is 11.2. The van der Waals surface area contributed by atoms with Gasteiger partial charge in [-0.2, -0.15) is 4.98 Å². The number of methoxy groups -OCH3 is 1. The summed E-state index contributed by atoms with van der Waals surface area (Å²) in [7, 11) is 1.30. The molecule has 2 aromatic rings. The van der Waals surface area contributed by atoms with Crippen LogP contribution in [0.2, 0.25) is 0 Å². The number of rotatable bonds is 3. The number of nitrogens with zero attached hydrogens (tertiary/aromatic N) is 2. The Morgan fingerprint density at radius 3 is 2.94 bits per heavy atom. The van der Waals surface area contributed by atoms with Crippen LogP contribution >= 0.6 is 0 Å². The van der Waals surface area contributed by atoms with E-state index in [1.54, 1.807) is 12.1 Å². The molecular weight excluding hydrogens is 210 g/mol. The van der Waals surface area contributed by atoms with Gasteiger partial charge in [-0.05, 0) is 13.0 Å². The summed E-state index contributed by atoms with van der Waals surface area (Å²) >= 11 is 0. The lowest BCUT2D eigenvalue weighted by Crippen LogP contribution is -2.02. The molecule has 0 radical (unpaired) electrons. The van der Waals surface area contributed by atoms with Gasteiger partial charge >= 0.3 is 5.97 Å². The summed E-state index contributed by atoms with van der Waals surface area (Å²) in [4.78, 5) is 22.2. The van der Waals surface area contributed by atoms with E-state index in [4.69, 9.17) is 4.74 Å². The molecule has 0 saturated carbocycles. The van der Waals surface area contributed by atoms with Gasteiger partial charge in [-0.1, -0.05) is 0 Å². The molecule has 0 aromatic carbocycles. The van der Waals surface area contributed by atoms with Crippen LogP contribution in [-0.2, 0) is 4.74 Å². The minimum atomic E-state index is -0.518. The van der Waals surface area contributed by atoms with Gasteiger partial charge < -0.3 is 14.5 Å². The Labute approximate surface area is 91.6 Å². The van der Waals surface area contributed by atoms with Crippen LogP contribution in [-0.4, -0.2) is 34.6 Å². The summed E-state index contributed by atoms with van der Waals surface area (Å²) in [5.41, 5.74) is 1.11. The van der Waals surface area contributed by atoms with Crippen molar-refractivity contribution in [3.63, 3.8) is 0 Å². The van der Waals surface area contributed by atoms with Gasteiger partial charge in [-0.25, -0.2) is 9.78 Å². The number of aromatic nitrogens is 3. The molecule has 0 aliphatic heterocycles. The molecule has 0 aliphatic rings. The fourth-order valence-electron chi connectivity index (χ4n) is 1.30. The van der Waals surface area contributed by atoms with Crippen molar-refractivity contribution in [3.05, 3.63) is 18.0 Å². The maximum Gasteiger partial charge on any atom is 0.374 e. The Hall–Kier alpha value is -2.11. The van der Waals surface area contributed by atoms with E-state index in [1.807, 2.05) is 6.92 Å². The molecule has 0 aliphatic carbocycles. The minimum absolute atomic E-state index is 0.138. The number of nitrogens with one attached hydrogen (secondary N) is 1. The molecular formula is C10H11N3O3. The van der Waals surface area contributed by atoms with Crippen LogP contribution in [0.1, 0.15) is 17.5 Å². The Kier molecular flexibility index (Phi) is 2.72. The molecule has 0 saturated heterocycles. The predicted molar refractivity (Wildman–Crippen MR) is 56.4 cm³/mol. The highest BCUT2D eigenvalue weighted by Crippen LogP contribution is 2.14. The standard InChI is InChI=1S/C10H11N3O3/c1-3-16-7-5-4-6-8(12-7)13-9(11-6)10(14)15-2/h4-5H,3H2,1-2H3,(H,11,12,13). The lowest BCUT2D eigenvalue weighted by Gasteiger charge is -1.99. The number of imidazole rings is 1. The number of hydrogen-bond donors (Lipinski definition) is 1. The molecule has 1 N–H and O–H groups in total. The highest BCUT2D eigenvalue weighted by atomic mass is 16.5. The van der Waals surface area contributed by atoms with Gasteiger partial charge in [0.25, 0.3) is 0 Å². The van der Waals surface area contributed by atoms with E-state index < -0.39 is 5.97 Å². The number of pyridine rings is 1. The van der Waals surface area contributed by atoms with Crippen LogP contribution in [0.4, 0.5) is 0 Å². The number of carbonyl (C=O) groups excluding carboxylic acids is 1. The van der Waals surface area contributed by atoms with Gasteiger partial charge in [0, 0.05) is 6.07 Å². The summed E-state index contributed by atoms with van der Waals surface area (Å²) in [6, 6.07) is 3.47. The average molecular weight is 221 g/mol. The Bertz CT molecular complexity index is 521. The first-order chi connectivity index (χ1) is 7.74. The summed E-state index contributed by atoms with van der Waals surface area (Å²) in [6.07, 6.45) is 0. The second-order valence-electron chi connectivity index (χ2n) is 3.03. The van der Waals surface area contributed by atoms with Crippen molar-refractivity contribution in [1.82, 2.24) is 15.0 Å². The fraction of sp³-hybridized carbons (Fsp3) is 0.300. The Morgan fingerprint density at radius 1 is 1.44 bits per heavy atom. The number of carbonyl (C=O) groups is 1. The maximum absolute atomic E-state index is 11.2. The van der Waals surface area contributed by atoms with Gasteiger partial charge in [0.15, 0.2) is 5.65 Å². The second kappa shape index (κ2) is 4.18. The van der Waals surface area contributed by atoms with E-state index >= 15 is 0 Å². The van der Waals surface area contributed by atoms with Crippen molar-refractivity contribution >= 4 is 17.1 Å². The van der Waals surface area contributed by atoms with Gasteiger partial charge in [0.05, 0.1) is 19.2 Å². The number of ether oxygens (including phenoxy) is 2. The molecule has 0 atom stereocenters. The van der Waals surface area contributed by atoms with E-state index in [0.717, 1.165) is 0 Å². The minimum Gasteiger partial charge on any atom is -0.478 e. The highest BCUT2D eigenvalue weighted by Gasteiger charge is 2.12. The Balaban J connectivity index is 2.41. The van der Waals surface area contributed by atoms with Crippen molar-refractivity contribution in [2.75, 3.05) is 13.7 Å². The molecule has 0 fully saturated rings. The molecule has 0 unspecified atom stereocenters. The van der Waals surface area contributed by atoms with Gasteiger partial charge in [0.1, 0.15) is 0 Å². The number of esters is 1. The summed E-state index contributed by atoms with van der Waals surface area (Å²) in [5.74, 6) is 0.104. The largest absolute Gasteiger partial charge is 0.478 e. The first-order valence-corrected chi connectivity index (χ1v) is 4.82. The zero-order valence-corrected chi connectivity index (χ0v) is 8.98. The molecule has 6 nitrogen and oxygen atoms in total. The summed E-state index contributed by atoms with van der Waals surface area (Å²) in [5, 5.41) is 0. The number of fused-ring (bicyclic) bond motifs is 1. The van der Waals surface area contributed by atoms with Crippen LogP contribution < -0.4 is 4.74 Å². The third-order valence-electron chi connectivity index (χ3n) is 1.99. The highest BCUT2D eigenvalue weighted by molar-refractivity contribution is 5.89. The number of aromatic amines is 1. The van der Waals surface area contributed by atoms with E-state index in [2.05, 4.69) is 19.7 Å². The van der Waals surface area contributed by atoms with Gasteiger partial charge in [-0.15, -0.1) is 0 Å². The van der Waals surface area contributed by atoms with E-state index in [0.29, 0.717) is 23.7 Å². The van der Waals surface area contributed by atoms with Crippen molar-refractivity contribution in [3.8, 4) is 5.88 Å². The molecule has 2 heterocycles. The van der Waals surface area contributed by atoms with Crippen LogP contribution in [0, 0.1) is 0 Å². The SMILES string of the molecule is CCOc1ccc2[nH]c(C(=O)OC)nc2n1. The van der Waals surface area contributed by atoms with Crippen molar-refractivity contribution in [2.24, 2.45) is 0 Å². The number of H-pyrrole nitrogens is 1. The van der Waals surface area contributed by atoms with Crippen LogP contribution in [0.3, 0.4) is 0 Å². The molecule has 6 heteroatoms. The molecule has 84 valence electrons. The zero-order chi connectivity index (χ0) is 11.5. The van der Waals surface area contributed by atoms with Gasteiger partial charge in [-0.3, -0.25) is 0 Å². The molecule has 2 aromatic heterocycles. The first kappa shape index (κ1) is 10.4. The van der Waals surface area contributed by atoms with Gasteiger partial charge in [0.2, 0.25) is 11.7 Å². The monoisotopic (exact) mass is 221 g/mol. The summed E-state index contributed by atoms with van der Waals surface area (Å²) < 4.78 is 9.78. The van der Waals surface area contributed by atoms with E-state index in [-0.39, 0.29) is 5.82 Å².